The van der Waals surface area contributed by atoms with Gasteiger partial charge in [0.25, 0.3) is 0 Å². The number of nitrogens with zero attached hydrogens (tertiary/aromatic N) is 1. The Kier molecular flexibility index (Phi) is 6.39. The van der Waals surface area contributed by atoms with Crippen LogP contribution >= 0.6 is 0 Å². The van der Waals surface area contributed by atoms with Crippen LogP contribution in [0.15, 0.2) is 72.9 Å². The minimum Gasteiger partial charge on any atom is -0.493 e. The molecule has 0 radical (unpaired) electrons. The molecule has 0 aliphatic carbocycles. The Balaban J connectivity index is 1.63. The fraction of sp³-hybridized carbons (Fsp3) is 0.208. The summed E-state index contributed by atoms with van der Waals surface area (Å²) >= 11 is 0. The van der Waals surface area contributed by atoms with Gasteiger partial charge < -0.3 is 10.2 Å². The SMILES string of the molecule is CC(O)CCC/C=C/c1ccc(-c2ccc(-c3ccc(O)nc3)cc2)cc1. The van der Waals surface area contributed by atoms with E-state index in [-0.39, 0.29) is 12.0 Å². The van der Waals surface area contributed by atoms with Crippen molar-refractivity contribution in [1.82, 2.24) is 4.98 Å². The summed E-state index contributed by atoms with van der Waals surface area (Å²) in [5.41, 5.74) is 5.58. The summed E-state index contributed by atoms with van der Waals surface area (Å²) in [4.78, 5) is 3.93. The number of aliphatic hydroxyl groups is 1. The molecule has 1 atom stereocenters. The lowest BCUT2D eigenvalue weighted by molar-refractivity contribution is 0.182. The molecule has 3 heteroatoms. The molecular weight excluding hydrogens is 334 g/mol. The van der Waals surface area contributed by atoms with E-state index in [1.165, 1.54) is 11.1 Å². The van der Waals surface area contributed by atoms with E-state index in [4.69, 9.17) is 0 Å². The van der Waals surface area contributed by atoms with Crippen LogP contribution in [0.2, 0.25) is 0 Å². The highest BCUT2D eigenvalue weighted by atomic mass is 16.3. The van der Waals surface area contributed by atoms with E-state index in [1.807, 2.05) is 13.0 Å². The summed E-state index contributed by atoms with van der Waals surface area (Å²) in [6, 6.07) is 20.3. The van der Waals surface area contributed by atoms with Crippen molar-refractivity contribution in [3.05, 3.63) is 78.5 Å². The third-order valence-corrected chi connectivity index (χ3v) is 4.51. The number of aromatic nitrogens is 1. The second-order valence-electron chi connectivity index (χ2n) is 6.79. The van der Waals surface area contributed by atoms with Gasteiger partial charge >= 0.3 is 0 Å². The van der Waals surface area contributed by atoms with Crippen LogP contribution in [0.5, 0.6) is 5.88 Å². The smallest absolute Gasteiger partial charge is 0.210 e. The van der Waals surface area contributed by atoms with Gasteiger partial charge in [-0.25, -0.2) is 4.98 Å². The number of benzene rings is 2. The maximum atomic E-state index is 9.30. The monoisotopic (exact) mass is 359 g/mol. The van der Waals surface area contributed by atoms with Crippen molar-refractivity contribution in [2.45, 2.75) is 32.3 Å². The van der Waals surface area contributed by atoms with E-state index in [0.29, 0.717) is 0 Å². The second kappa shape index (κ2) is 9.15. The lowest BCUT2D eigenvalue weighted by atomic mass is 10.00. The Bertz CT molecular complexity index is 864. The average molecular weight is 359 g/mol. The lowest BCUT2D eigenvalue weighted by Gasteiger charge is -2.06. The van der Waals surface area contributed by atoms with Crippen molar-refractivity contribution in [2.24, 2.45) is 0 Å². The number of allylic oxidation sites excluding steroid dienone is 1. The molecule has 2 N–H and O–H groups in total. The normalized spacial score (nSPS) is 12.4. The van der Waals surface area contributed by atoms with Gasteiger partial charge in [0, 0.05) is 17.8 Å². The molecule has 0 fully saturated rings. The molecule has 0 saturated heterocycles. The molecule has 2 aromatic carbocycles. The fourth-order valence-electron chi connectivity index (χ4n) is 2.95. The van der Waals surface area contributed by atoms with E-state index in [9.17, 15) is 10.2 Å². The topological polar surface area (TPSA) is 53.4 Å². The predicted octanol–water partition coefficient (Wildman–Crippen LogP) is 5.69. The van der Waals surface area contributed by atoms with E-state index in [1.54, 1.807) is 12.3 Å². The Labute approximate surface area is 160 Å². The van der Waals surface area contributed by atoms with Crippen LogP contribution in [0.1, 0.15) is 31.7 Å². The number of pyridine rings is 1. The van der Waals surface area contributed by atoms with Gasteiger partial charge in [0.15, 0.2) is 0 Å². The van der Waals surface area contributed by atoms with E-state index >= 15 is 0 Å². The van der Waals surface area contributed by atoms with Gasteiger partial charge in [0.2, 0.25) is 5.88 Å². The Morgan fingerprint density at radius 3 is 1.96 bits per heavy atom. The zero-order valence-corrected chi connectivity index (χ0v) is 15.5. The standard InChI is InChI=1S/C24H25NO2/c1-18(26)5-3-2-4-6-19-7-9-20(10-8-19)21-11-13-22(14-12-21)23-15-16-24(27)25-17-23/h4,6-18,26H,2-3,5H2,1H3,(H,25,27)/b6-4+. The van der Waals surface area contributed by atoms with Crippen molar-refractivity contribution in [2.75, 3.05) is 0 Å². The Morgan fingerprint density at radius 1 is 0.852 bits per heavy atom. The maximum absolute atomic E-state index is 9.30. The largest absolute Gasteiger partial charge is 0.493 e. The lowest BCUT2D eigenvalue weighted by Crippen LogP contribution is -1.97. The van der Waals surface area contributed by atoms with Crippen molar-refractivity contribution in [1.29, 1.82) is 0 Å². The van der Waals surface area contributed by atoms with Crippen LogP contribution in [0.3, 0.4) is 0 Å². The number of unbranched alkanes of at least 4 members (excludes halogenated alkanes) is 1. The van der Waals surface area contributed by atoms with E-state index in [2.05, 4.69) is 65.7 Å². The molecular formula is C24H25NO2. The van der Waals surface area contributed by atoms with Crippen molar-refractivity contribution >= 4 is 6.08 Å². The molecule has 0 saturated carbocycles. The van der Waals surface area contributed by atoms with Gasteiger partial charge in [-0.3, -0.25) is 0 Å². The first kappa shape index (κ1) is 18.9. The summed E-state index contributed by atoms with van der Waals surface area (Å²) in [7, 11) is 0. The van der Waals surface area contributed by atoms with Gasteiger partial charge in [0.1, 0.15) is 0 Å². The highest BCUT2D eigenvalue weighted by Crippen LogP contribution is 2.25. The molecule has 1 aromatic heterocycles. The molecule has 3 rings (SSSR count). The molecule has 3 aromatic rings. The van der Waals surface area contributed by atoms with Gasteiger partial charge in [-0.1, -0.05) is 60.7 Å². The number of hydrogen-bond acceptors (Lipinski definition) is 3. The summed E-state index contributed by atoms with van der Waals surface area (Å²) < 4.78 is 0. The summed E-state index contributed by atoms with van der Waals surface area (Å²) in [5.74, 6) is 0.0347. The van der Waals surface area contributed by atoms with Crippen LogP contribution in [-0.4, -0.2) is 21.3 Å². The second-order valence-corrected chi connectivity index (χ2v) is 6.79. The first-order valence-corrected chi connectivity index (χ1v) is 9.32. The Morgan fingerprint density at radius 2 is 1.41 bits per heavy atom. The first-order valence-electron chi connectivity index (χ1n) is 9.32. The van der Waals surface area contributed by atoms with Crippen LogP contribution in [0.25, 0.3) is 28.3 Å². The van der Waals surface area contributed by atoms with Gasteiger partial charge in [-0.15, -0.1) is 0 Å². The molecule has 27 heavy (non-hydrogen) atoms. The first-order chi connectivity index (χ1) is 13.1. The third kappa shape index (κ3) is 5.53. The highest BCUT2D eigenvalue weighted by Gasteiger charge is 2.01. The Hall–Kier alpha value is -2.91. The molecule has 0 aliphatic rings. The number of aromatic hydroxyl groups is 1. The molecule has 0 amide bonds. The average Bonchev–Trinajstić information content (AvgIpc) is 2.69. The van der Waals surface area contributed by atoms with Crippen LogP contribution in [-0.2, 0) is 0 Å². The van der Waals surface area contributed by atoms with Crippen molar-refractivity contribution in [3.63, 3.8) is 0 Å². The zero-order valence-electron chi connectivity index (χ0n) is 15.5. The predicted molar refractivity (Wildman–Crippen MR) is 111 cm³/mol. The number of rotatable bonds is 7. The van der Waals surface area contributed by atoms with Crippen molar-refractivity contribution < 1.29 is 10.2 Å². The summed E-state index contributed by atoms with van der Waals surface area (Å²) in [6.45, 7) is 1.83. The highest BCUT2D eigenvalue weighted by molar-refractivity contribution is 5.71. The van der Waals surface area contributed by atoms with E-state index < -0.39 is 0 Å². The molecule has 0 bridgehead atoms. The summed E-state index contributed by atoms with van der Waals surface area (Å²) in [6.07, 6.45) is 8.60. The van der Waals surface area contributed by atoms with E-state index in [0.717, 1.165) is 36.0 Å². The minimum atomic E-state index is -0.214. The minimum absolute atomic E-state index is 0.0347. The molecule has 1 unspecified atom stereocenters. The van der Waals surface area contributed by atoms with Crippen LogP contribution in [0.4, 0.5) is 0 Å². The quantitative estimate of drug-likeness (QED) is 0.533. The third-order valence-electron chi connectivity index (χ3n) is 4.51. The summed E-state index contributed by atoms with van der Waals surface area (Å²) in [5, 5.41) is 18.6. The number of hydrogen-bond donors (Lipinski definition) is 2. The van der Waals surface area contributed by atoms with Gasteiger partial charge in [-0.05, 0) is 54.5 Å². The van der Waals surface area contributed by atoms with Crippen molar-refractivity contribution in [3.8, 4) is 28.1 Å². The fourth-order valence-corrected chi connectivity index (χ4v) is 2.95. The van der Waals surface area contributed by atoms with Gasteiger partial charge in [-0.2, -0.15) is 0 Å². The molecule has 0 aliphatic heterocycles. The van der Waals surface area contributed by atoms with Crippen LogP contribution < -0.4 is 0 Å². The molecule has 1 heterocycles. The maximum Gasteiger partial charge on any atom is 0.210 e. The number of aliphatic hydroxyl groups excluding tert-OH is 1. The van der Waals surface area contributed by atoms with Crippen LogP contribution in [0, 0.1) is 0 Å². The zero-order chi connectivity index (χ0) is 19.1. The molecule has 138 valence electrons. The van der Waals surface area contributed by atoms with Gasteiger partial charge in [0.05, 0.1) is 6.10 Å². The molecule has 0 spiro atoms. The molecule has 3 nitrogen and oxygen atoms in total.